The monoisotopic (exact) mass is 262 g/mol. The lowest BCUT2D eigenvalue weighted by Crippen LogP contribution is -2.35. The topological polar surface area (TPSA) is 50.4 Å². The second-order valence-corrected chi connectivity index (χ2v) is 5.13. The molecule has 4 heteroatoms. The summed E-state index contributed by atoms with van der Waals surface area (Å²) in [5.74, 6) is 1.58. The van der Waals surface area contributed by atoms with E-state index in [1.807, 2.05) is 24.3 Å². The van der Waals surface area contributed by atoms with Crippen LogP contribution in [0.2, 0.25) is 0 Å². The van der Waals surface area contributed by atoms with Gasteiger partial charge in [-0.15, -0.1) is 0 Å². The minimum absolute atomic E-state index is 0.121. The first-order valence-electron chi connectivity index (χ1n) is 6.82. The Bertz CT molecular complexity index is 417. The molecule has 4 nitrogen and oxygen atoms in total. The zero-order valence-electron chi connectivity index (χ0n) is 11.6. The highest BCUT2D eigenvalue weighted by Crippen LogP contribution is 2.15. The number of amides is 1. The molecule has 0 aliphatic carbocycles. The van der Waals surface area contributed by atoms with E-state index < -0.39 is 0 Å². The lowest BCUT2D eigenvalue weighted by molar-refractivity contribution is -0.125. The Morgan fingerprint density at radius 1 is 1.37 bits per heavy atom. The SMILES string of the molecule is COc1ccc(CCNC(=O)C2CNCC2C)cc1. The number of rotatable bonds is 5. The van der Waals surface area contributed by atoms with Crippen LogP contribution in [0.25, 0.3) is 0 Å². The number of methoxy groups -OCH3 is 1. The number of benzene rings is 1. The van der Waals surface area contributed by atoms with E-state index in [1.54, 1.807) is 7.11 Å². The minimum atomic E-state index is 0.121. The molecule has 1 aromatic carbocycles. The first kappa shape index (κ1) is 13.9. The molecular formula is C15H22N2O2. The van der Waals surface area contributed by atoms with Crippen molar-refractivity contribution in [3.05, 3.63) is 29.8 Å². The van der Waals surface area contributed by atoms with Gasteiger partial charge >= 0.3 is 0 Å². The Morgan fingerprint density at radius 2 is 2.11 bits per heavy atom. The molecule has 0 radical (unpaired) electrons. The maximum atomic E-state index is 12.0. The number of carbonyl (C=O) groups is 1. The molecule has 2 N–H and O–H groups in total. The van der Waals surface area contributed by atoms with E-state index in [0.717, 1.165) is 25.3 Å². The zero-order chi connectivity index (χ0) is 13.7. The molecule has 0 saturated carbocycles. The van der Waals surface area contributed by atoms with Crippen LogP contribution < -0.4 is 15.4 Å². The molecule has 1 amide bonds. The van der Waals surface area contributed by atoms with E-state index in [-0.39, 0.29) is 11.8 Å². The number of carbonyl (C=O) groups excluding carboxylic acids is 1. The third kappa shape index (κ3) is 3.70. The summed E-state index contributed by atoms with van der Waals surface area (Å²) in [7, 11) is 1.66. The Morgan fingerprint density at radius 3 is 2.68 bits per heavy atom. The highest BCUT2D eigenvalue weighted by molar-refractivity contribution is 5.79. The molecule has 1 aliphatic rings. The van der Waals surface area contributed by atoms with Crippen molar-refractivity contribution in [3.8, 4) is 5.75 Å². The molecule has 2 rings (SSSR count). The van der Waals surface area contributed by atoms with Crippen LogP contribution in [0.15, 0.2) is 24.3 Å². The van der Waals surface area contributed by atoms with Crippen molar-refractivity contribution in [1.82, 2.24) is 10.6 Å². The van der Waals surface area contributed by atoms with E-state index in [4.69, 9.17) is 4.74 Å². The molecule has 2 atom stereocenters. The molecule has 104 valence electrons. The van der Waals surface area contributed by atoms with Gasteiger partial charge in [0.2, 0.25) is 5.91 Å². The van der Waals surface area contributed by atoms with Gasteiger partial charge < -0.3 is 15.4 Å². The van der Waals surface area contributed by atoms with Gasteiger partial charge in [0.25, 0.3) is 0 Å². The van der Waals surface area contributed by atoms with Crippen molar-refractivity contribution in [2.24, 2.45) is 11.8 Å². The number of hydrogen-bond donors (Lipinski definition) is 2. The summed E-state index contributed by atoms with van der Waals surface area (Å²) in [6.07, 6.45) is 0.851. The molecule has 1 aromatic rings. The van der Waals surface area contributed by atoms with Gasteiger partial charge in [-0.25, -0.2) is 0 Å². The van der Waals surface area contributed by atoms with Crippen LogP contribution in [0.4, 0.5) is 0 Å². The molecule has 0 bridgehead atoms. The molecule has 1 aliphatic heterocycles. The largest absolute Gasteiger partial charge is 0.497 e. The molecule has 1 saturated heterocycles. The van der Waals surface area contributed by atoms with Gasteiger partial charge in [0.05, 0.1) is 13.0 Å². The number of ether oxygens (including phenoxy) is 1. The molecule has 0 aromatic heterocycles. The second kappa shape index (κ2) is 6.57. The fourth-order valence-corrected chi connectivity index (χ4v) is 2.41. The molecule has 1 fully saturated rings. The lowest BCUT2D eigenvalue weighted by atomic mass is 9.97. The predicted octanol–water partition coefficient (Wildman–Crippen LogP) is 1.21. The van der Waals surface area contributed by atoms with Crippen LogP contribution in [-0.4, -0.2) is 32.7 Å². The van der Waals surface area contributed by atoms with Crippen LogP contribution >= 0.6 is 0 Å². The van der Waals surface area contributed by atoms with Gasteiger partial charge in [0, 0.05) is 13.1 Å². The Balaban J connectivity index is 1.75. The summed E-state index contributed by atoms with van der Waals surface area (Å²) in [6, 6.07) is 7.95. The van der Waals surface area contributed by atoms with E-state index >= 15 is 0 Å². The summed E-state index contributed by atoms with van der Waals surface area (Å²) in [6.45, 7) is 4.55. The zero-order valence-corrected chi connectivity index (χ0v) is 11.6. The first-order valence-corrected chi connectivity index (χ1v) is 6.82. The third-order valence-corrected chi connectivity index (χ3v) is 3.73. The van der Waals surface area contributed by atoms with Crippen LogP contribution in [0.3, 0.4) is 0 Å². The van der Waals surface area contributed by atoms with Gasteiger partial charge in [0.1, 0.15) is 5.75 Å². The molecule has 19 heavy (non-hydrogen) atoms. The summed E-state index contributed by atoms with van der Waals surface area (Å²) >= 11 is 0. The third-order valence-electron chi connectivity index (χ3n) is 3.73. The fraction of sp³-hybridized carbons (Fsp3) is 0.533. The molecular weight excluding hydrogens is 240 g/mol. The summed E-state index contributed by atoms with van der Waals surface area (Å²) in [4.78, 5) is 12.0. The normalized spacial score (nSPS) is 22.2. The van der Waals surface area contributed by atoms with E-state index in [0.29, 0.717) is 12.5 Å². The minimum Gasteiger partial charge on any atom is -0.497 e. The van der Waals surface area contributed by atoms with Crippen molar-refractivity contribution in [2.45, 2.75) is 13.3 Å². The van der Waals surface area contributed by atoms with E-state index in [9.17, 15) is 4.79 Å². The van der Waals surface area contributed by atoms with Gasteiger partial charge in [-0.05, 0) is 36.6 Å². The average molecular weight is 262 g/mol. The molecule has 1 heterocycles. The summed E-state index contributed by atoms with van der Waals surface area (Å²) in [5, 5.41) is 6.27. The predicted molar refractivity (Wildman–Crippen MR) is 75.2 cm³/mol. The van der Waals surface area contributed by atoms with Crippen molar-refractivity contribution in [2.75, 3.05) is 26.7 Å². The summed E-state index contributed by atoms with van der Waals surface area (Å²) in [5.41, 5.74) is 1.21. The van der Waals surface area contributed by atoms with E-state index in [1.165, 1.54) is 5.56 Å². The quantitative estimate of drug-likeness (QED) is 0.838. The Kier molecular flexibility index (Phi) is 4.80. The van der Waals surface area contributed by atoms with Gasteiger partial charge in [-0.3, -0.25) is 4.79 Å². The first-order chi connectivity index (χ1) is 9.20. The van der Waals surface area contributed by atoms with Crippen LogP contribution in [0.5, 0.6) is 5.75 Å². The average Bonchev–Trinajstić information content (AvgIpc) is 2.86. The van der Waals surface area contributed by atoms with Crippen LogP contribution in [0.1, 0.15) is 12.5 Å². The highest BCUT2D eigenvalue weighted by atomic mass is 16.5. The van der Waals surface area contributed by atoms with Crippen molar-refractivity contribution < 1.29 is 9.53 Å². The maximum absolute atomic E-state index is 12.0. The lowest BCUT2D eigenvalue weighted by Gasteiger charge is -2.14. The summed E-state index contributed by atoms with van der Waals surface area (Å²) < 4.78 is 5.11. The van der Waals surface area contributed by atoms with Crippen molar-refractivity contribution in [3.63, 3.8) is 0 Å². The van der Waals surface area contributed by atoms with Crippen molar-refractivity contribution in [1.29, 1.82) is 0 Å². The highest BCUT2D eigenvalue weighted by Gasteiger charge is 2.28. The Labute approximate surface area is 114 Å². The fourth-order valence-electron chi connectivity index (χ4n) is 2.41. The van der Waals surface area contributed by atoms with Gasteiger partial charge in [-0.1, -0.05) is 19.1 Å². The molecule has 0 spiro atoms. The number of hydrogen-bond acceptors (Lipinski definition) is 3. The standard InChI is InChI=1S/C15H22N2O2/c1-11-9-16-10-14(11)15(18)17-8-7-12-3-5-13(19-2)6-4-12/h3-6,11,14,16H,7-10H2,1-2H3,(H,17,18). The molecule has 2 unspecified atom stereocenters. The van der Waals surface area contributed by atoms with Crippen LogP contribution in [0, 0.1) is 11.8 Å². The van der Waals surface area contributed by atoms with Crippen molar-refractivity contribution >= 4 is 5.91 Å². The Hall–Kier alpha value is -1.55. The van der Waals surface area contributed by atoms with Gasteiger partial charge in [-0.2, -0.15) is 0 Å². The smallest absolute Gasteiger partial charge is 0.224 e. The van der Waals surface area contributed by atoms with E-state index in [2.05, 4.69) is 17.6 Å². The van der Waals surface area contributed by atoms with Crippen LogP contribution in [-0.2, 0) is 11.2 Å². The van der Waals surface area contributed by atoms with Gasteiger partial charge in [0.15, 0.2) is 0 Å². The second-order valence-electron chi connectivity index (χ2n) is 5.13. The maximum Gasteiger partial charge on any atom is 0.224 e. The number of nitrogens with one attached hydrogen (secondary N) is 2.